The van der Waals surface area contributed by atoms with E-state index in [4.69, 9.17) is 5.26 Å². The molecular weight excluding hydrogens is 269 g/mol. The molecule has 1 aromatic heterocycles. The maximum atomic E-state index is 13.7. The lowest BCUT2D eigenvalue weighted by Gasteiger charge is -2.17. The quantitative estimate of drug-likeness (QED) is 0.942. The largest absolute Gasteiger partial charge is 0.379 e. The van der Waals surface area contributed by atoms with Crippen LogP contribution in [-0.2, 0) is 12.1 Å². The fourth-order valence-electron chi connectivity index (χ4n) is 1.82. The number of rotatable bonds is 3. The van der Waals surface area contributed by atoms with Crippen LogP contribution >= 0.6 is 0 Å². The SMILES string of the molecule is Cc1c(F)cc(C#N)cc1NCc1cn(C(C)(C)C)nn1. The van der Waals surface area contributed by atoms with Gasteiger partial charge in [-0.25, -0.2) is 9.07 Å². The van der Waals surface area contributed by atoms with Gasteiger partial charge in [-0.05, 0) is 39.8 Å². The molecule has 6 heteroatoms. The zero-order valence-corrected chi connectivity index (χ0v) is 12.6. The molecule has 1 heterocycles. The van der Waals surface area contributed by atoms with E-state index in [2.05, 4.69) is 15.6 Å². The molecule has 0 aliphatic heterocycles. The number of nitrogens with zero attached hydrogens (tertiary/aromatic N) is 4. The highest BCUT2D eigenvalue weighted by Gasteiger charge is 2.15. The van der Waals surface area contributed by atoms with Crippen molar-refractivity contribution in [3.05, 3.63) is 41.0 Å². The third kappa shape index (κ3) is 3.37. The van der Waals surface area contributed by atoms with E-state index in [0.717, 1.165) is 5.69 Å². The molecule has 0 bridgehead atoms. The molecule has 2 rings (SSSR count). The lowest BCUT2D eigenvalue weighted by Crippen LogP contribution is -2.22. The van der Waals surface area contributed by atoms with Crippen LogP contribution in [0.3, 0.4) is 0 Å². The van der Waals surface area contributed by atoms with E-state index in [-0.39, 0.29) is 5.54 Å². The first-order valence-corrected chi connectivity index (χ1v) is 6.67. The van der Waals surface area contributed by atoms with Gasteiger partial charge in [0.1, 0.15) is 11.5 Å². The van der Waals surface area contributed by atoms with Gasteiger partial charge in [0.15, 0.2) is 0 Å². The summed E-state index contributed by atoms with van der Waals surface area (Å²) in [6.45, 7) is 8.20. The second-order valence-corrected chi connectivity index (χ2v) is 5.92. The summed E-state index contributed by atoms with van der Waals surface area (Å²) in [5.41, 5.74) is 1.99. The summed E-state index contributed by atoms with van der Waals surface area (Å²) in [4.78, 5) is 0. The summed E-state index contributed by atoms with van der Waals surface area (Å²) in [5.74, 6) is -0.394. The van der Waals surface area contributed by atoms with E-state index in [0.29, 0.717) is 23.4 Å². The van der Waals surface area contributed by atoms with Crippen LogP contribution in [0, 0.1) is 24.1 Å². The van der Waals surface area contributed by atoms with E-state index in [1.54, 1.807) is 17.7 Å². The van der Waals surface area contributed by atoms with Crippen molar-refractivity contribution in [1.82, 2.24) is 15.0 Å². The molecule has 0 fully saturated rings. The van der Waals surface area contributed by atoms with Crippen LogP contribution in [0.4, 0.5) is 10.1 Å². The monoisotopic (exact) mass is 287 g/mol. The van der Waals surface area contributed by atoms with Gasteiger partial charge in [-0.15, -0.1) is 5.10 Å². The van der Waals surface area contributed by atoms with Crippen LogP contribution in [-0.4, -0.2) is 15.0 Å². The minimum atomic E-state index is -0.394. The third-order valence-corrected chi connectivity index (χ3v) is 3.16. The van der Waals surface area contributed by atoms with Crippen LogP contribution < -0.4 is 5.32 Å². The molecule has 0 saturated heterocycles. The number of halogens is 1. The van der Waals surface area contributed by atoms with Crippen molar-refractivity contribution in [3.8, 4) is 6.07 Å². The fourth-order valence-corrected chi connectivity index (χ4v) is 1.82. The molecule has 110 valence electrons. The Morgan fingerprint density at radius 2 is 2.10 bits per heavy atom. The van der Waals surface area contributed by atoms with E-state index in [9.17, 15) is 4.39 Å². The highest BCUT2D eigenvalue weighted by molar-refractivity contribution is 5.55. The van der Waals surface area contributed by atoms with Crippen molar-refractivity contribution in [1.29, 1.82) is 5.26 Å². The lowest BCUT2D eigenvalue weighted by atomic mass is 10.1. The van der Waals surface area contributed by atoms with Crippen LogP contribution in [0.25, 0.3) is 0 Å². The molecule has 21 heavy (non-hydrogen) atoms. The van der Waals surface area contributed by atoms with Crippen molar-refractivity contribution >= 4 is 5.69 Å². The maximum Gasteiger partial charge on any atom is 0.129 e. The molecule has 0 atom stereocenters. The van der Waals surface area contributed by atoms with Crippen molar-refractivity contribution in [3.63, 3.8) is 0 Å². The number of nitrogens with one attached hydrogen (secondary N) is 1. The summed E-state index contributed by atoms with van der Waals surface area (Å²) in [6.07, 6.45) is 1.85. The standard InChI is InChI=1S/C15H18FN5/c1-10-13(16)5-11(7-17)6-14(10)18-8-12-9-21(20-19-12)15(2,3)4/h5-6,9,18H,8H2,1-4H3. The van der Waals surface area contributed by atoms with Gasteiger partial charge in [-0.2, -0.15) is 5.26 Å². The Kier molecular flexibility index (Phi) is 3.94. The zero-order valence-electron chi connectivity index (χ0n) is 12.6. The topological polar surface area (TPSA) is 66.5 Å². The molecule has 1 aromatic carbocycles. The maximum absolute atomic E-state index is 13.7. The Morgan fingerprint density at radius 3 is 2.67 bits per heavy atom. The minimum absolute atomic E-state index is 0.131. The summed E-state index contributed by atoms with van der Waals surface area (Å²) < 4.78 is 15.5. The van der Waals surface area contributed by atoms with Crippen LogP contribution in [0.1, 0.15) is 37.6 Å². The molecule has 0 unspecified atom stereocenters. The smallest absolute Gasteiger partial charge is 0.129 e. The molecule has 0 aliphatic carbocycles. The number of benzene rings is 1. The van der Waals surface area contributed by atoms with Crippen molar-refractivity contribution in [2.24, 2.45) is 0 Å². The highest BCUT2D eigenvalue weighted by Crippen LogP contribution is 2.21. The second-order valence-electron chi connectivity index (χ2n) is 5.92. The van der Waals surface area contributed by atoms with E-state index < -0.39 is 5.82 Å². The Balaban J connectivity index is 2.15. The van der Waals surface area contributed by atoms with E-state index in [1.807, 2.05) is 33.0 Å². The predicted molar refractivity (Wildman–Crippen MR) is 78.2 cm³/mol. The Morgan fingerprint density at radius 1 is 1.38 bits per heavy atom. The molecular formula is C15H18FN5. The van der Waals surface area contributed by atoms with Gasteiger partial charge in [-0.3, -0.25) is 0 Å². The molecule has 0 amide bonds. The van der Waals surface area contributed by atoms with Crippen molar-refractivity contribution < 1.29 is 4.39 Å². The molecule has 0 saturated carbocycles. The Hall–Kier alpha value is -2.42. The van der Waals surface area contributed by atoms with Crippen LogP contribution in [0.2, 0.25) is 0 Å². The highest BCUT2D eigenvalue weighted by atomic mass is 19.1. The van der Waals surface area contributed by atoms with E-state index in [1.165, 1.54) is 6.07 Å². The van der Waals surface area contributed by atoms with Crippen LogP contribution in [0.15, 0.2) is 18.3 Å². The van der Waals surface area contributed by atoms with Gasteiger partial charge < -0.3 is 5.32 Å². The summed E-state index contributed by atoms with van der Waals surface area (Å²) in [6, 6.07) is 4.81. The molecule has 2 aromatic rings. The third-order valence-electron chi connectivity index (χ3n) is 3.16. The predicted octanol–water partition coefficient (Wildman–Crippen LogP) is 2.96. The Labute approximate surface area is 123 Å². The molecule has 0 radical (unpaired) electrons. The van der Waals surface area contributed by atoms with Gasteiger partial charge >= 0.3 is 0 Å². The van der Waals surface area contributed by atoms with Gasteiger partial charge in [0, 0.05) is 11.3 Å². The molecule has 1 N–H and O–H groups in total. The zero-order chi connectivity index (χ0) is 15.6. The first-order valence-electron chi connectivity index (χ1n) is 6.67. The fraction of sp³-hybridized carbons (Fsp3) is 0.400. The Bertz CT molecular complexity index is 691. The van der Waals surface area contributed by atoms with Gasteiger partial charge in [0.2, 0.25) is 0 Å². The van der Waals surface area contributed by atoms with Gasteiger partial charge in [0.25, 0.3) is 0 Å². The molecule has 0 aliphatic rings. The van der Waals surface area contributed by atoms with Gasteiger partial charge in [0.05, 0.1) is 29.9 Å². The first-order chi connectivity index (χ1) is 9.81. The van der Waals surface area contributed by atoms with Crippen molar-refractivity contribution in [2.75, 3.05) is 5.32 Å². The summed E-state index contributed by atoms with van der Waals surface area (Å²) in [7, 11) is 0. The minimum Gasteiger partial charge on any atom is -0.379 e. The summed E-state index contributed by atoms with van der Waals surface area (Å²) in [5, 5.41) is 20.1. The first kappa shape index (κ1) is 15.0. The van der Waals surface area contributed by atoms with Crippen molar-refractivity contribution in [2.45, 2.75) is 39.8 Å². The molecule has 5 nitrogen and oxygen atoms in total. The summed E-state index contributed by atoms with van der Waals surface area (Å²) >= 11 is 0. The number of anilines is 1. The number of hydrogen-bond donors (Lipinski definition) is 1. The average Bonchev–Trinajstić information content (AvgIpc) is 2.89. The van der Waals surface area contributed by atoms with E-state index >= 15 is 0 Å². The molecule has 0 spiro atoms. The second kappa shape index (κ2) is 5.52. The number of aromatic nitrogens is 3. The number of hydrogen-bond acceptors (Lipinski definition) is 4. The lowest BCUT2D eigenvalue weighted by molar-refractivity contribution is 0.347. The van der Waals surface area contributed by atoms with Gasteiger partial charge in [-0.1, -0.05) is 5.21 Å². The normalized spacial score (nSPS) is 11.2. The van der Waals surface area contributed by atoms with Crippen LogP contribution in [0.5, 0.6) is 0 Å². The average molecular weight is 287 g/mol. The number of nitriles is 1.